The van der Waals surface area contributed by atoms with E-state index in [0.717, 1.165) is 56.6 Å². The molecule has 5 heteroatoms. The van der Waals surface area contributed by atoms with Gasteiger partial charge in [0.25, 0.3) is 0 Å². The minimum absolute atomic E-state index is 0.509. The van der Waals surface area contributed by atoms with Gasteiger partial charge in [0.05, 0.1) is 5.41 Å². The SMILES string of the molecule is CCCc1nc(CC2(C(=O)O)CCCCC2)n(C)n1. The third kappa shape index (κ3) is 2.96. The van der Waals surface area contributed by atoms with Gasteiger partial charge in [0, 0.05) is 19.9 Å². The summed E-state index contributed by atoms with van der Waals surface area (Å²) >= 11 is 0. The van der Waals surface area contributed by atoms with Crippen LogP contribution in [0.1, 0.15) is 57.1 Å². The largest absolute Gasteiger partial charge is 0.481 e. The molecule has 1 N–H and O–H groups in total. The Morgan fingerprint density at radius 2 is 2.05 bits per heavy atom. The molecule has 0 bridgehead atoms. The molecule has 1 saturated carbocycles. The number of carbonyl (C=O) groups is 1. The third-order valence-corrected chi connectivity index (χ3v) is 4.13. The van der Waals surface area contributed by atoms with E-state index in [1.54, 1.807) is 4.68 Å². The number of aromatic nitrogens is 3. The Balaban J connectivity index is 2.19. The summed E-state index contributed by atoms with van der Waals surface area (Å²) in [6, 6.07) is 0. The van der Waals surface area contributed by atoms with Crippen LogP contribution < -0.4 is 0 Å². The van der Waals surface area contributed by atoms with Gasteiger partial charge in [0.1, 0.15) is 5.82 Å². The van der Waals surface area contributed by atoms with Crippen LogP contribution in [0.25, 0.3) is 0 Å². The van der Waals surface area contributed by atoms with Crippen molar-refractivity contribution in [2.24, 2.45) is 12.5 Å². The van der Waals surface area contributed by atoms with Crippen molar-refractivity contribution in [2.75, 3.05) is 0 Å². The summed E-state index contributed by atoms with van der Waals surface area (Å²) in [7, 11) is 1.86. The standard InChI is InChI=1S/C14H23N3O2/c1-3-7-11-15-12(17(2)16-11)10-14(13(18)19)8-5-4-6-9-14/h3-10H2,1-2H3,(H,18,19). The van der Waals surface area contributed by atoms with Crippen molar-refractivity contribution in [3.05, 3.63) is 11.6 Å². The van der Waals surface area contributed by atoms with Crippen molar-refractivity contribution in [1.82, 2.24) is 14.8 Å². The second-order valence-corrected chi connectivity index (χ2v) is 5.64. The predicted octanol–water partition coefficient (Wildman–Crippen LogP) is 2.35. The molecule has 1 heterocycles. The van der Waals surface area contributed by atoms with E-state index in [1.807, 2.05) is 7.05 Å². The average Bonchev–Trinajstić information content (AvgIpc) is 2.71. The highest BCUT2D eigenvalue weighted by Gasteiger charge is 2.40. The van der Waals surface area contributed by atoms with E-state index in [4.69, 9.17) is 0 Å². The molecule has 5 nitrogen and oxygen atoms in total. The van der Waals surface area contributed by atoms with Gasteiger partial charge in [-0.15, -0.1) is 0 Å². The van der Waals surface area contributed by atoms with Gasteiger partial charge in [-0.3, -0.25) is 9.48 Å². The lowest BCUT2D eigenvalue weighted by atomic mass is 9.71. The fourth-order valence-electron chi connectivity index (χ4n) is 2.96. The number of aliphatic carboxylic acids is 1. The van der Waals surface area contributed by atoms with Gasteiger partial charge >= 0.3 is 5.97 Å². The lowest BCUT2D eigenvalue weighted by molar-refractivity contribution is -0.151. The van der Waals surface area contributed by atoms with Gasteiger partial charge in [0.15, 0.2) is 5.82 Å². The molecule has 0 saturated heterocycles. The molecular formula is C14H23N3O2. The summed E-state index contributed by atoms with van der Waals surface area (Å²) in [5, 5.41) is 14.0. The highest BCUT2D eigenvalue weighted by molar-refractivity contribution is 5.75. The van der Waals surface area contributed by atoms with Crippen molar-refractivity contribution < 1.29 is 9.90 Å². The lowest BCUT2D eigenvalue weighted by Gasteiger charge is -2.32. The maximum atomic E-state index is 11.7. The van der Waals surface area contributed by atoms with E-state index in [2.05, 4.69) is 17.0 Å². The molecule has 106 valence electrons. The van der Waals surface area contributed by atoms with Crippen LogP contribution >= 0.6 is 0 Å². The van der Waals surface area contributed by atoms with Gasteiger partial charge in [-0.05, 0) is 19.3 Å². The molecule has 0 aromatic carbocycles. The van der Waals surface area contributed by atoms with Crippen LogP contribution in [0, 0.1) is 5.41 Å². The normalized spacial score (nSPS) is 18.4. The van der Waals surface area contributed by atoms with Crippen molar-refractivity contribution >= 4 is 5.97 Å². The van der Waals surface area contributed by atoms with Gasteiger partial charge in [0.2, 0.25) is 0 Å². The molecule has 0 radical (unpaired) electrons. The minimum atomic E-state index is -0.674. The lowest BCUT2D eigenvalue weighted by Crippen LogP contribution is -2.36. The number of hydrogen-bond donors (Lipinski definition) is 1. The Morgan fingerprint density at radius 3 is 2.63 bits per heavy atom. The first-order chi connectivity index (χ1) is 9.07. The summed E-state index contributed by atoms with van der Waals surface area (Å²) in [5.74, 6) is 0.969. The van der Waals surface area contributed by atoms with E-state index < -0.39 is 11.4 Å². The Hall–Kier alpha value is -1.39. The fraction of sp³-hybridized carbons (Fsp3) is 0.786. The summed E-state index contributed by atoms with van der Waals surface area (Å²) < 4.78 is 1.75. The van der Waals surface area contributed by atoms with Gasteiger partial charge in [-0.2, -0.15) is 5.10 Å². The monoisotopic (exact) mass is 265 g/mol. The first-order valence-electron chi connectivity index (χ1n) is 7.19. The number of hydrogen-bond acceptors (Lipinski definition) is 3. The maximum absolute atomic E-state index is 11.7. The van der Waals surface area contributed by atoms with E-state index >= 15 is 0 Å². The molecular weight excluding hydrogens is 242 g/mol. The molecule has 1 fully saturated rings. The van der Waals surface area contributed by atoms with Crippen molar-refractivity contribution in [3.63, 3.8) is 0 Å². The molecule has 0 atom stereocenters. The molecule has 0 aliphatic heterocycles. The molecule has 1 aromatic rings. The zero-order chi connectivity index (χ0) is 13.9. The Morgan fingerprint density at radius 1 is 1.37 bits per heavy atom. The number of carboxylic acid groups (broad SMARTS) is 1. The topological polar surface area (TPSA) is 68.0 Å². The Labute approximate surface area is 114 Å². The molecule has 1 aliphatic rings. The number of carboxylic acids is 1. The molecule has 0 unspecified atom stereocenters. The second kappa shape index (κ2) is 5.72. The Bertz CT molecular complexity index is 448. The average molecular weight is 265 g/mol. The highest BCUT2D eigenvalue weighted by atomic mass is 16.4. The van der Waals surface area contributed by atoms with Crippen LogP contribution in [0.3, 0.4) is 0 Å². The number of nitrogens with zero attached hydrogens (tertiary/aromatic N) is 3. The van der Waals surface area contributed by atoms with Gasteiger partial charge < -0.3 is 5.11 Å². The summed E-state index contributed by atoms with van der Waals surface area (Å²) in [4.78, 5) is 16.2. The number of rotatable bonds is 5. The van der Waals surface area contributed by atoms with Crippen LogP contribution in [0.5, 0.6) is 0 Å². The van der Waals surface area contributed by atoms with Crippen molar-refractivity contribution in [2.45, 2.75) is 58.3 Å². The van der Waals surface area contributed by atoms with Gasteiger partial charge in [-0.25, -0.2) is 4.98 Å². The van der Waals surface area contributed by atoms with Crippen LogP contribution in [-0.4, -0.2) is 25.8 Å². The van der Waals surface area contributed by atoms with Crippen LogP contribution in [0.15, 0.2) is 0 Å². The van der Waals surface area contributed by atoms with Crippen LogP contribution in [0.4, 0.5) is 0 Å². The van der Waals surface area contributed by atoms with E-state index in [9.17, 15) is 9.90 Å². The minimum Gasteiger partial charge on any atom is -0.481 e. The van der Waals surface area contributed by atoms with Crippen LogP contribution in [0.2, 0.25) is 0 Å². The van der Waals surface area contributed by atoms with Crippen LogP contribution in [-0.2, 0) is 24.7 Å². The molecule has 1 aliphatic carbocycles. The molecule has 2 rings (SSSR count). The van der Waals surface area contributed by atoms with E-state index in [1.165, 1.54) is 0 Å². The molecule has 19 heavy (non-hydrogen) atoms. The third-order valence-electron chi connectivity index (χ3n) is 4.13. The Kier molecular flexibility index (Phi) is 4.22. The summed E-state index contributed by atoms with van der Waals surface area (Å²) in [5.41, 5.74) is -0.622. The fourth-order valence-corrected chi connectivity index (χ4v) is 2.96. The van der Waals surface area contributed by atoms with Crippen molar-refractivity contribution in [1.29, 1.82) is 0 Å². The first kappa shape index (κ1) is 14.0. The summed E-state index contributed by atoms with van der Waals surface area (Å²) in [6.45, 7) is 2.09. The van der Waals surface area contributed by atoms with Crippen molar-refractivity contribution in [3.8, 4) is 0 Å². The number of aryl methyl sites for hydroxylation is 2. The zero-order valence-electron chi connectivity index (χ0n) is 11.9. The molecule has 1 aromatic heterocycles. The first-order valence-corrected chi connectivity index (χ1v) is 7.19. The maximum Gasteiger partial charge on any atom is 0.310 e. The summed E-state index contributed by atoms with van der Waals surface area (Å²) in [6.07, 6.45) is 7.06. The zero-order valence-corrected chi connectivity index (χ0v) is 11.9. The smallest absolute Gasteiger partial charge is 0.310 e. The molecule has 0 amide bonds. The molecule has 0 spiro atoms. The predicted molar refractivity (Wildman–Crippen MR) is 71.9 cm³/mol. The highest BCUT2D eigenvalue weighted by Crippen LogP contribution is 2.39. The van der Waals surface area contributed by atoms with Gasteiger partial charge in [-0.1, -0.05) is 26.2 Å². The van der Waals surface area contributed by atoms with E-state index in [-0.39, 0.29) is 0 Å². The second-order valence-electron chi connectivity index (χ2n) is 5.64. The quantitative estimate of drug-likeness (QED) is 0.887. The van der Waals surface area contributed by atoms with E-state index in [0.29, 0.717) is 6.42 Å².